The number of carboxylic acids is 2. The topological polar surface area (TPSA) is 111 Å². The Balaban J connectivity index is 2.09. The van der Waals surface area contributed by atoms with Crippen molar-refractivity contribution in [1.82, 2.24) is 9.78 Å². The molecule has 4 rings (SSSR count). The van der Waals surface area contributed by atoms with Crippen LogP contribution in [0.15, 0.2) is 60.7 Å². The van der Waals surface area contributed by atoms with E-state index >= 15 is 0 Å². The lowest BCUT2D eigenvalue weighted by atomic mass is 10.0. The molecule has 0 saturated carbocycles. The van der Waals surface area contributed by atoms with Gasteiger partial charge in [-0.1, -0.05) is 30.3 Å². The Morgan fingerprint density at radius 1 is 0.839 bits per heavy atom. The average Bonchev–Trinajstić information content (AvgIpc) is 3.22. The number of carboxylic acid groups (broad SMARTS) is 2. The zero-order valence-corrected chi connectivity index (χ0v) is 16.7. The normalized spacial score (nSPS) is 10.8. The van der Waals surface area contributed by atoms with Gasteiger partial charge in [-0.05, 0) is 35.7 Å². The molecule has 1 aromatic heterocycles. The van der Waals surface area contributed by atoms with Gasteiger partial charge in [-0.3, -0.25) is 0 Å². The predicted octanol–water partition coefficient (Wildman–Crippen LogP) is 4.11. The maximum Gasteiger partial charge on any atom is 0.356 e. The number of hydrogen-bond acceptors (Lipinski definition) is 5. The van der Waals surface area contributed by atoms with Crippen molar-refractivity contribution in [2.45, 2.75) is 0 Å². The van der Waals surface area contributed by atoms with Crippen LogP contribution in [0.5, 0.6) is 11.5 Å². The minimum atomic E-state index is -1.19. The van der Waals surface area contributed by atoms with Gasteiger partial charge >= 0.3 is 11.9 Å². The summed E-state index contributed by atoms with van der Waals surface area (Å²) in [5, 5.41) is 24.6. The van der Waals surface area contributed by atoms with E-state index in [-0.39, 0.29) is 11.3 Å². The first-order chi connectivity index (χ1) is 15.0. The van der Waals surface area contributed by atoms with Crippen LogP contribution in [-0.4, -0.2) is 46.2 Å². The quantitative estimate of drug-likeness (QED) is 0.485. The summed E-state index contributed by atoms with van der Waals surface area (Å²) >= 11 is 0. The summed E-state index contributed by atoms with van der Waals surface area (Å²) in [7, 11) is 3.02. The van der Waals surface area contributed by atoms with E-state index in [1.54, 1.807) is 48.5 Å². The molecule has 0 spiro atoms. The number of aromatic carboxylic acids is 2. The summed E-state index contributed by atoms with van der Waals surface area (Å²) in [6.07, 6.45) is 0. The van der Waals surface area contributed by atoms with Crippen LogP contribution in [0.2, 0.25) is 0 Å². The van der Waals surface area contributed by atoms with Gasteiger partial charge in [0.2, 0.25) is 0 Å². The molecule has 0 aliphatic heterocycles. The predicted molar refractivity (Wildman–Crippen MR) is 114 cm³/mol. The van der Waals surface area contributed by atoms with Gasteiger partial charge in [-0.2, -0.15) is 5.10 Å². The second-order valence-electron chi connectivity index (χ2n) is 6.65. The number of aromatic nitrogens is 2. The van der Waals surface area contributed by atoms with Gasteiger partial charge < -0.3 is 19.7 Å². The summed E-state index contributed by atoms with van der Waals surface area (Å²) in [6.45, 7) is 0. The highest BCUT2D eigenvalue weighted by molar-refractivity contribution is 6.06. The molecule has 156 valence electrons. The van der Waals surface area contributed by atoms with Gasteiger partial charge in [-0.15, -0.1) is 0 Å². The van der Waals surface area contributed by atoms with E-state index in [0.29, 0.717) is 39.2 Å². The minimum Gasteiger partial charge on any atom is -0.496 e. The standard InChI is InChI=1S/C23H18N2O6/c1-30-19-8-5-9-20(31-2)21(19)18-12-16(23(28)29)24-25(18)17-11-10-15(22(26)27)13-6-3-4-7-14(13)17/h3-12H,1-2H3,(H,26,27)(H,28,29). The number of rotatable bonds is 6. The Morgan fingerprint density at radius 3 is 2.06 bits per heavy atom. The second-order valence-corrected chi connectivity index (χ2v) is 6.65. The SMILES string of the molecule is COc1cccc(OC)c1-c1cc(C(=O)O)nn1-c1ccc(C(=O)O)c2ccccc12. The zero-order valence-electron chi connectivity index (χ0n) is 16.7. The molecule has 0 aliphatic carbocycles. The molecular formula is C23H18N2O6. The minimum absolute atomic E-state index is 0.140. The van der Waals surface area contributed by atoms with Gasteiger partial charge in [0.05, 0.1) is 36.7 Å². The number of ether oxygens (including phenoxy) is 2. The summed E-state index contributed by atoms with van der Waals surface area (Å²) in [6, 6.07) is 16.7. The van der Waals surface area contributed by atoms with E-state index in [2.05, 4.69) is 5.10 Å². The Labute approximate surface area is 176 Å². The molecule has 0 aliphatic rings. The number of methoxy groups -OCH3 is 2. The molecule has 0 unspecified atom stereocenters. The first kappa shape index (κ1) is 20.0. The van der Waals surface area contributed by atoms with Gasteiger partial charge in [0.25, 0.3) is 0 Å². The Morgan fingerprint density at radius 2 is 1.48 bits per heavy atom. The zero-order chi connectivity index (χ0) is 22.1. The Kier molecular flexibility index (Phi) is 5.04. The summed E-state index contributed by atoms with van der Waals surface area (Å²) in [5.74, 6) is -1.30. The molecule has 3 aromatic carbocycles. The van der Waals surface area contributed by atoms with E-state index < -0.39 is 11.9 Å². The van der Waals surface area contributed by atoms with E-state index in [9.17, 15) is 19.8 Å². The van der Waals surface area contributed by atoms with Crippen LogP contribution in [-0.2, 0) is 0 Å². The first-order valence-corrected chi connectivity index (χ1v) is 9.26. The van der Waals surface area contributed by atoms with Crippen molar-refractivity contribution in [3.05, 3.63) is 71.9 Å². The van der Waals surface area contributed by atoms with Crippen molar-refractivity contribution in [2.75, 3.05) is 14.2 Å². The fourth-order valence-corrected chi connectivity index (χ4v) is 3.61. The van der Waals surface area contributed by atoms with Crippen LogP contribution in [0.4, 0.5) is 0 Å². The molecule has 1 heterocycles. The number of fused-ring (bicyclic) bond motifs is 1. The molecule has 4 aromatic rings. The molecule has 8 nitrogen and oxygen atoms in total. The summed E-state index contributed by atoms with van der Waals surface area (Å²) < 4.78 is 12.5. The van der Waals surface area contributed by atoms with Crippen LogP contribution in [0.1, 0.15) is 20.8 Å². The third-order valence-electron chi connectivity index (χ3n) is 4.97. The fourth-order valence-electron chi connectivity index (χ4n) is 3.61. The summed E-state index contributed by atoms with van der Waals surface area (Å²) in [4.78, 5) is 23.4. The third kappa shape index (κ3) is 3.33. The lowest BCUT2D eigenvalue weighted by Crippen LogP contribution is -2.06. The van der Waals surface area contributed by atoms with Crippen molar-refractivity contribution in [1.29, 1.82) is 0 Å². The van der Waals surface area contributed by atoms with E-state index in [1.165, 1.54) is 31.0 Å². The number of nitrogens with zero attached hydrogens (tertiary/aromatic N) is 2. The molecule has 0 bridgehead atoms. The number of benzene rings is 3. The maximum atomic E-state index is 11.7. The lowest BCUT2D eigenvalue weighted by Gasteiger charge is -2.16. The molecule has 31 heavy (non-hydrogen) atoms. The number of hydrogen-bond donors (Lipinski definition) is 2. The van der Waals surface area contributed by atoms with E-state index in [4.69, 9.17) is 9.47 Å². The Hall–Kier alpha value is -4.33. The van der Waals surface area contributed by atoms with Crippen LogP contribution in [0.25, 0.3) is 27.7 Å². The third-order valence-corrected chi connectivity index (χ3v) is 4.97. The lowest BCUT2D eigenvalue weighted by molar-refractivity contribution is 0.0683. The maximum absolute atomic E-state index is 11.7. The molecule has 0 amide bonds. The van der Waals surface area contributed by atoms with Gasteiger partial charge in [0, 0.05) is 5.39 Å². The second kappa shape index (κ2) is 7.83. The van der Waals surface area contributed by atoms with Crippen molar-refractivity contribution in [3.8, 4) is 28.4 Å². The largest absolute Gasteiger partial charge is 0.496 e. The van der Waals surface area contributed by atoms with Crippen molar-refractivity contribution in [2.24, 2.45) is 0 Å². The highest BCUT2D eigenvalue weighted by atomic mass is 16.5. The molecule has 0 atom stereocenters. The first-order valence-electron chi connectivity index (χ1n) is 9.26. The highest BCUT2D eigenvalue weighted by Gasteiger charge is 2.23. The van der Waals surface area contributed by atoms with Crippen LogP contribution in [0.3, 0.4) is 0 Å². The van der Waals surface area contributed by atoms with E-state index in [1.807, 2.05) is 0 Å². The van der Waals surface area contributed by atoms with Crippen LogP contribution in [0, 0.1) is 0 Å². The van der Waals surface area contributed by atoms with Crippen molar-refractivity contribution in [3.63, 3.8) is 0 Å². The fraction of sp³-hybridized carbons (Fsp3) is 0.0870. The monoisotopic (exact) mass is 418 g/mol. The van der Waals surface area contributed by atoms with E-state index in [0.717, 1.165) is 0 Å². The van der Waals surface area contributed by atoms with Crippen LogP contribution >= 0.6 is 0 Å². The van der Waals surface area contributed by atoms with Gasteiger partial charge in [0.1, 0.15) is 11.5 Å². The molecule has 8 heteroatoms. The average molecular weight is 418 g/mol. The molecule has 0 fully saturated rings. The van der Waals surface area contributed by atoms with Crippen LogP contribution < -0.4 is 9.47 Å². The molecule has 0 radical (unpaired) electrons. The molecule has 2 N–H and O–H groups in total. The Bertz CT molecular complexity index is 1300. The summed E-state index contributed by atoms with van der Waals surface area (Å²) in [5.41, 5.74) is 1.45. The smallest absolute Gasteiger partial charge is 0.356 e. The molecule has 0 saturated heterocycles. The van der Waals surface area contributed by atoms with Crippen molar-refractivity contribution < 1.29 is 29.3 Å². The van der Waals surface area contributed by atoms with Gasteiger partial charge in [-0.25, -0.2) is 14.3 Å². The van der Waals surface area contributed by atoms with Crippen molar-refractivity contribution >= 4 is 22.7 Å². The highest BCUT2D eigenvalue weighted by Crippen LogP contribution is 2.40. The number of carbonyl (C=O) groups is 2. The van der Waals surface area contributed by atoms with Gasteiger partial charge in [0.15, 0.2) is 5.69 Å². The molecular weight excluding hydrogens is 400 g/mol.